The molecular weight excluding hydrogens is 250 g/mol. The fraction of sp³-hybridized carbons (Fsp3) is 0.938. The summed E-state index contributed by atoms with van der Waals surface area (Å²) in [6, 6.07) is 0.629. The number of carbonyl (C=O) groups excluding carboxylic acids is 1. The monoisotopic (exact) mass is 283 g/mol. The standard InChI is InChI=1S/C16H33N3O/c1-6-8-10-14-16(20)19(15(7-2)17-14)12-9-11-18(5)13(3)4/h13-15,17H,6-12H2,1-5H3. The lowest BCUT2D eigenvalue weighted by atomic mass is 10.1. The van der Waals surface area contributed by atoms with Crippen LogP contribution in [-0.4, -0.2) is 54.1 Å². The predicted octanol–water partition coefficient (Wildman–Crippen LogP) is 2.44. The first-order valence-corrected chi connectivity index (χ1v) is 8.28. The molecule has 0 bridgehead atoms. The molecule has 2 atom stereocenters. The van der Waals surface area contributed by atoms with Crippen LogP contribution in [0.4, 0.5) is 0 Å². The van der Waals surface area contributed by atoms with E-state index in [9.17, 15) is 4.79 Å². The normalized spacial score (nSPS) is 23.4. The first-order chi connectivity index (χ1) is 9.51. The molecule has 0 aromatic carbocycles. The molecule has 2 unspecified atom stereocenters. The van der Waals surface area contributed by atoms with E-state index in [0.717, 1.165) is 45.2 Å². The van der Waals surface area contributed by atoms with E-state index in [1.54, 1.807) is 0 Å². The predicted molar refractivity (Wildman–Crippen MR) is 84.6 cm³/mol. The lowest BCUT2D eigenvalue weighted by Crippen LogP contribution is -2.39. The van der Waals surface area contributed by atoms with Gasteiger partial charge in [0, 0.05) is 12.6 Å². The molecular formula is C16H33N3O. The van der Waals surface area contributed by atoms with Gasteiger partial charge in [0.25, 0.3) is 0 Å². The molecule has 0 aliphatic carbocycles. The fourth-order valence-electron chi connectivity index (χ4n) is 2.72. The summed E-state index contributed by atoms with van der Waals surface area (Å²) >= 11 is 0. The molecule has 4 nitrogen and oxygen atoms in total. The number of hydrogen-bond donors (Lipinski definition) is 1. The molecule has 1 aliphatic heterocycles. The Morgan fingerprint density at radius 1 is 1.30 bits per heavy atom. The van der Waals surface area contributed by atoms with Gasteiger partial charge in [-0.3, -0.25) is 10.1 Å². The van der Waals surface area contributed by atoms with Crippen molar-refractivity contribution in [2.45, 2.75) is 78.0 Å². The highest BCUT2D eigenvalue weighted by Gasteiger charge is 2.36. The van der Waals surface area contributed by atoms with E-state index >= 15 is 0 Å². The maximum atomic E-state index is 12.4. The van der Waals surface area contributed by atoms with Crippen molar-refractivity contribution in [3.05, 3.63) is 0 Å². The summed E-state index contributed by atoms with van der Waals surface area (Å²) in [6.07, 6.45) is 5.56. The summed E-state index contributed by atoms with van der Waals surface area (Å²) in [4.78, 5) is 16.8. The Bertz CT molecular complexity index is 293. The number of carbonyl (C=O) groups is 1. The molecule has 0 aromatic rings. The minimum Gasteiger partial charge on any atom is -0.326 e. The number of nitrogens with one attached hydrogen (secondary N) is 1. The summed E-state index contributed by atoms with van der Waals surface area (Å²) in [5.74, 6) is 0.317. The van der Waals surface area contributed by atoms with Gasteiger partial charge in [-0.25, -0.2) is 0 Å². The maximum Gasteiger partial charge on any atom is 0.241 e. The van der Waals surface area contributed by atoms with E-state index in [1.807, 2.05) is 0 Å². The van der Waals surface area contributed by atoms with E-state index in [4.69, 9.17) is 0 Å². The van der Waals surface area contributed by atoms with Crippen LogP contribution in [0.25, 0.3) is 0 Å². The van der Waals surface area contributed by atoms with Gasteiger partial charge in [-0.1, -0.05) is 26.7 Å². The summed E-state index contributed by atoms with van der Waals surface area (Å²) in [5, 5.41) is 3.50. The lowest BCUT2D eigenvalue weighted by molar-refractivity contribution is -0.130. The molecule has 1 saturated heterocycles. The van der Waals surface area contributed by atoms with Crippen molar-refractivity contribution < 1.29 is 4.79 Å². The minimum absolute atomic E-state index is 0.0581. The van der Waals surface area contributed by atoms with Crippen LogP contribution in [0.1, 0.15) is 59.8 Å². The molecule has 0 radical (unpaired) electrons. The topological polar surface area (TPSA) is 35.6 Å². The van der Waals surface area contributed by atoms with Crippen LogP contribution in [0, 0.1) is 0 Å². The Labute approximate surface area is 124 Å². The molecule has 1 N–H and O–H groups in total. The Balaban J connectivity index is 2.44. The van der Waals surface area contributed by atoms with Crippen LogP contribution < -0.4 is 5.32 Å². The zero-order valence-electron chi connectivity index (χ0n) is 14.0. The van der Waals surface area contributed by atoms with Crippen molar-refractivity contribution in [3.8, 4) is 0 Å². The molecule has 1 amide bonds. The average molecular weight is 283 g/mol. The van der Waals surface area contributed by atoms with Crippen LogP contribution in [0.3, 0.4) is 0 Å². The minimum atomic E-state index is 0.0581. The van der Waals surface area contributed by atoms with E-state index < -0.39 is 0 Å². The Morgan fingerprint density at radius 2 is 2.00 bits per heavy atom. The van der Waals surface area contributed by atoms with E-state index in [0.29, 0.717) is 11.9 Å². The number of hydrogen-bond acceptors (Lipinski definition) is 3. The van der Waals surface area contributed by atoms with Gasteiger partial charge in [0.05, 0.1) is 12.2 Å². The SMILES string of the molecule is CCCCC1NC(CC)N(CCCN(C)C(C)C)C1=O. The van der Waals surface area contributed by atoms with Crippen molar-refractivity contribution in [2.24, 2.45) is 0 Å². The third-order valence-electron chi connectivity index (χ3n) is 4.38. The molecule has 1 heterocycles. The summed E-state index contributed by atoms with van der Waals surface area (Å²) in [7, 11) is 2.15. The first kappa shape index (κ1) is 17.4. The van der Waals surface area contributed by atoms with Crippen molar-refractivity contribution >= 4 is 5.91 Å². The quantitative estimate of drug-likeness (QED) is 0.706. The summed E-state index contributed by atoms with van der Waals surface area (Å²) in [5.41, 5.74) is 0. The maximum absolute atomic E-state index is 12.4. The van der Waals surface area contributed by atoms with Gasteiger partial charge in [-0.05, 0) is 46.7 Å². The van der Waals surface area contributed by atoms with Crippen molar-refractivity contribution in [3.63, 3.8) is 0 Å². The molecule has 20 heavy (non-hydrogen) atoms. The molecule has 0 aromatic heterocycles. The largest absolute Gasteiger partial charge is 0.326 e. The zero-order valence-corrected chi connectivity index (χ0v) is 14.0. The van der Waals surface area contributed by atoms with Gasteiger partial charge in [0.2, 0.25) is 5.91 Å². The van der Waals surface area contributed by atoms with E-state index in [1.165, 1.54) is 0 Å². The number of nitrogens with zero attached hydrogens (tertiary/aromatic N) is 2. The first-order valence-electron chi connectivity index (χ1n) is 8.28. The van der Waals surface area contributed by atoms with Crippen LogP contribution >= 0.6 is 0 Å². The van der Waals surface area contributed by atoms with Crippen LogP contribution in [0.5, 0.6) is 0 Å². The highest BCUT2D eigenvalue weighted by Crippen LogP contribution is 2.18. The fourth-order valence-corrected chi connectivity index (χ4v) is 2.72. The number of unbranched alkanes of at least 4 members (excludes halogenated alkanes) is 1. The smallest absolute Gasteiger partial charge is 0.241 e. The van der Waals surface area contributed by atoms with Crippen molar-refractivity contribution in [1.29, 1.82) is 0 Å². The van der Waals surface area contributed by atoms with Crippen LogP contribution in [0.15, 0.2) is 0 Å². The average Bonchev–Trinajstić information content (AvgIpc) is 2.73. The van der Waals surface area contributed by atoms with Gasteiger partial charge in [0.15, 0.2) is 0 Å². The van der Waals surface area contributed by atoms with Crippen molar-refractivity contribution in [1.82, 2.24) is 15.1 Å². The van der Waals surface area contributed by atoms with Gasteiger partial charge in [0.1, 0.15) is 0 Å². The highest BCUT2D eigenvalue weighted by atomic mass is 16.2. The van der Waals surface area contributed by atoms with Crippen molar-refractivity contribution in [2.75, 3.05) is 20.1 Å². The number of amides is 1. The molecule has 0 saturated carbocycles. The second-order valence-corrected chi connectivity index (χ2v) is 6.25. The summed E-state index contributed by atoms with van der Waals surface area (Å²) < 4.78 is 0. The van der Waals surface area contributed by atoms with Gasteiger partial charge in [-0.15, -0.1) is 0 Å². The van der Waals surface area contributed by atoms with Gasteiger partial charge >= 0.3 is 0 Å². The van der Waals surface area contributed by atoms with E-state index in [-0.39, 0.29) is 12.2 Å². The lowest BCUT2D eigenvalue weighted by Gasteiger charge is -2.26. The molecule has 0 spiro atoms. The number of rotatable bonds is 9. The van der Waals surface area contributed by atoms with Crippen LogP contribution in [-0.2, 0) is 4.79 Å². The second kappa shape index (κ2) is 8.63. The van der Waals surface area contributed by atoms with Gasteiger partial charge in [-0.2, -0.15) is 0 Å². The van der Waals surface area contributed by atoms with E-state index in [2.05, 4.69) is 49.9 Å². The third kappa shape index (κ3) is 4.74. The van der Waals surface area contributed by atoms with Crippen LogP contribution in [0.2, 0.25) is 0 Å². The molecule has 1 aliphatic rings. The highest BCUT2D eigenvalue weighted by molar-refractivity contribution is 5.84. The Kier molecular flexibility index (Phi) is 7.52. The van der Waals surface area contributed by atoms with Gasteiger partial charge < -0.3 is 9.80 Å². The molecule has 1 fully saturated rings. The Hall–Kier alpha value is -0.610. The second-order valence-electron chi connectivity index (χ2n) is 6.25. The molecule has 4 heteroatoms. The zero-order chi connectivity index (χ0) is 15.1. The molecule has 1 rings (SSSR count). The Morgan fingerprint density at radius 3 is 2.55 bits per heavy atom. The molecule has 118 valence electrons. The third-order valence-corrected chi connectivity index (χ3v) is 4.38. The summed E-state index contributed by atoms with van der Waals surface area (Å²) in [6.45, 7) is 10.7.